The molecule has 96 valence electrons. The summed E-state index contributed by atoms with van der Waals surface area (Å²) in [4.78, 5) is 12.4. The average Bonchev–Trinajstić information content (AvgIpc) is 2.73. The molecule has 0 aliphatic rings. The molecule has 0 fully saturated rings. The molecular formula is C14H13N3O2. The largest absolute Gasteiger partial charge is 0.464 e. The first kappa shape index (κ1) is 11.6. The van der Waals surface area contributed by atoms with Gasteiger partial charge in [-0.25, -0.2) is 4.40 Å². The average molecular weight is 255 g/mol. The summed E-state index contributed by atoms with van der Waals surface area (Å²) in [5.74, 6) is 0. The van der Waals surface area contributed by atoms with E-state index in [0.717, 1.165) is 10.9 Å². The van der Waals surface area contributed by atoms with Crippen molar-refractivity contribution in [2.75, 3.05) is 6.61 Å². The zero-order chi connectivity index (χ0) is 13.4. The molecule has 5 nitrogen and oxygen atoms in total. The zero-order valence-corrected chi connectivity index (χ0v) is 10.8. The van der Waals surface area contributed by atoms with Crippen LogP contribution in [0, 0.1) is 6.92 Å². The number of aryl methyl sites for hydroxylation is 1. The van der Waals surface area contributed by atoms with Crippen LogP contribution in [0.5, 0.6) is 6.01 Å². The van der Waals surface area contributed by atoms with Gasteiger partial charge in [0, 0.05) is 11.6 Å². The molecule has 0 unspecified atom stereocenters. The summed E-state index contributed by atoms with van der Waals surface area (Å²) < 4.78 is 6.94. The molecule has 0 radical (unpaired) electrons. The lowest BCUT2D eigenvalue weighted by atomic mass is 10.1. The molecule has 0 spiro atoms. The van der Waals surface area contributed by atoms with Gasteiger partial charge < -0.3 is 4.74 Å². The lowest BCUT2D eigenvalue weighted by molar-refractivity contribution is 0.309. The van der Waals surface area contributed by atoms with Crippen LogP contribution in [-0.4, -0.2) is 21.2 Å². The summed E-state index contributed by atoms with van der Waals surface area (Å²) in [6.45, 7) is 4.34. The third-order valence-electron chi connectivity index (χ3n) is 3.00. The van der Waals surface area contributed by atoms with E-state index in [2.05, 4.69) is 10.2 Å². The molecule has 5 heteroatoms. The second-order valence-corrected chi connectivity index (χ2v) is 4.34. The van der Waals surface area contributed by atoms with Crippen molar-refractivity contribution in [3.63, 3.8) is 0 Å². The van der Waals surface area contributed by atoms with Crippen LogP contribution in [-0.2, 0) is 0 Å². The maximum absolute atomic E-state index is 12.4. The Balaban J connectivity index is 2.45. The molecule has 0 aliphatic heterocycles. The normalized spacial score (nSPS) is 11.1. The Morgan fingerprint density at radius 2 is 2.11 bits per heavy atom. The highest BCUT2D eigenvalue weighted by Crippen LogP contribution is 2.14. The van der Waals surface area contributed by atoms with Gasteiger partial charge in [-0.1, -0.05) is 28.9 Å². The lowest BCUT2D eigenvalue weighted by Crippen LogP contribution is -2.02. The number of benzene rings is 1. The van der Waals surface area contributed by atoms with Crippen LogP contribution in [0.4, 0.5) is 0 Å². The van der Waals surface area contributed by atoms with Gasteiger partial charge in [-0.05, 0) is 25.3 Å². The Labute approximate surface area is 109 Å². The van der Waals surface area contributed by atoms with Crippen molar-refractivity contribution in [3.05, 3.63) is 46.2 Å². The minimum Gasteiger partial charge on any atom is -0.464 e. The van der Waals surface area contributed by atoms with E-state index in [4.69, 9.17) is 4.74 Å². The van der Waals surface area contributed by atoms with Gasteiger partial charge in [0.15, 0.2) is 0 Å². The summed E-state index contributed by atoms with van der Waals surface area (Å²) in [5, 5.41) is 9.34. The third kappa shape index (κ3) is 1.83. The fraction of sp³-hybridized carbons (Fsp3) is 0.214. The number of ether oxygens (including phenoxy) is 1. The summed E-state index contributed by atoms with van der Waals surface area (Å²) in [7, 11) is 0. The molecule has 0 N–H and O–H groups in total. The van der Waals surface area contributed by atoms with Gasteiger partial charge in [0.25, 0.3) is 0 Å². The number of nitrogens with zero attached hydrogens (tertiary/aromatic N) is 3. The lowest BCUT2D eigenvalue weighted by Gasteiger charge is -1.96. The fourth-order valence-electron chi connectivity index (χ4n) is 2.10. The zero-order valence-electron chi connectivity index (χ0n) is 10.8. The standard InChI is InChI=1S/C14H13N3O2/c1-3-19-14-16-15-13-12(18)11-5-4-9(2)8-10(11)6-7-17(13)14/h4-8H,3H2,1-2H3. The minimum atomic E-state index is -0.140. The second-order valence-electron chi connectivity index (χ2n) is 4.34. The molecule has 0 amide bonds. The van der Waals surface area contributed by atoms with E-state index in [1.54, 1.807) is 10.6 Å². The molecule has 3 aromatic rings. The first-order valence-corrected chi connectivity index (χ1v) is 6.12. The van der Waals surface area contributed by atoms with E-state index < -0.39 is 0 Å². The highest BCUT2D eigenvalue weighted by molar-refractivity contribution is 5.84. The second kappa shape index (κ2) is 4.35. The van der Waals surface area contributed by atoms with E-state index in [9.17, 15) is 4.79 Å². The summed E-state index contributed by atoms with van der Waals surface area (Å²) in [6.07, 6.45) is 1.77. The van der Waals surface area contributed by atoms with Gasteiger partial charge in [-0.3, -0.25) is 4.79 Å². The first-order chi connectivity index (χ1) is 9.20. The minimum absolute atomic E-state index is 0.140. The summed E-state index contributed by atoms with van der Waals surface area (Å²) in [5.41, 5.74) is 1.25. The topological polar surface area (TPSA) is 56.5 Å². The predicted octanol–water partition coefficient (Wildman–Crippen LogP) is 1.95. The van der Waals surface area contributed by atoms with Crippen LogP contribution in [0.2, 0.25) is 0 Å². The fourth-order valence-corrected chi connectivity index (χ4v) is 2.10. The van der Waals surface area contributed by atoms with Crippen molar-refractivity contribution in [3.8, 4) is 6.01 Å². The number of hydrogen-bond acceptors (Lipinski definition) is 4. The number of rotatable bonds is 2. The number of aromatic nitrogens is 3. The Hall–Kier alpha value is -2.43. The Bertz CT molecular complexity index is 824. The highest BCUT2D eigenvalue weighted by Gasteiger charge is 2.09. The van der Waals surface area contributed by atoms with Crippen molar-refractivity contribution in [2.24, 2.45) is 0 Å². The monoisotopic (exact) mass is 255 g/mol. The third-order valence-corrected chi connectivity index (χ3v) is 3.00. The van der Waals surface area contributed by atoms with Crippen LogP contribution >= 0.6 is 0 Å². The molecule has 19 heavy (non-hydrogen) atoms. The summed E-state index contributed by atoms with van der Waals surface area (Å²) in [6, 6.07) is 7.93. The molecule has 0 atom stereocenters. The van der Waals surface area contributed by atoms with Gasteiger partial charge in [0.1, 0.15) is 0 Å². The molecule has 0 saturated heterocycles. The van der Waals surface area contributed by atoms with Gasteiger partial charge in [0.05, 0.1) is 6.61 Å². The predicted molar refractivity (Wildman–Crippen MR) is 72.7 cm³/mol. The molecule has 3 rings (SSSR count). The molecule has 1 aromatic carbocycles. The Morgan fingerprint density at radius 3 is 2.89 bits per heavy atom. The van der Waals surface area contributed by atoms with Crippen LogP contribution in [0.1, 0.15) is 12.5 Å². The molecule has 0 saturated carbocycles. The van der Waals surface area contributed by atoms with Crippen LogP contribution < -0.4 is 10.2 Å². The maximum atomic E-state index is 12.4. The number of hydrogen-bond donors (Lipinski definition) is 0. The van der Waals surface area contributed by atoms with Crippen molar-refractivity contribution in [1.29, 1.82) is 0 Å². The van der Waals surface area contributed by atoms with E-state index in [0.29, 0.717) is 18.0 Å². The van der Waals surface area contributed by atoms with Gasteiger partial charge in [-0.2, -0.15) is 0 Å². The van der Waals surface area contributed by atoms with Crippen LogP contribution in [0.3, 0.4) is 0 Å². The quantitative estimate of drug-likeness (QED) is 0.702. The van der Waals surface area contributed by atoms with Crippen LogP contribution in [0.15, 0.2) is 35.3 Å². The van der Waals surface area contributed by atoms with Gasteiger partial charge in [-0.15, -0.1) is 5.10 Å². The van der Waals surface area contributed by atoms with Crippen molar-refractivity contribution in [1.82, 2.24) is 14.6 Å². The van der Waals surface area contributed by atoms with Gasteiger partial charge in [0.2, 0.25) is 11.1 Å². The van der Waals surface area contributed by atoms with Crippen LogP contribution in [0.25, 0.3) is 16.4 Å². The molecule has 2 heterocycles. The van der Waals surface area contributed by atoms with E-state index >= 15 is 0 Å². The molecule has 0 aliphatic carbocycles. The highest BCUT2D eigenvalue weighted by atomic mass is 16.5. The summed E-state index contributed by atoms with van der Waals surface area (Å²) >= 11 is 0. The number of fused-ring (bicyclic) bond motifs is 2. The van der Waals surface area contributed by atoms with E-state index in [-0.39, 0.29) is 11.1 Å². The molecule has 0 bridgehead atoms. The van der Waals surface area contributed by atoms with Crippen molar-refractivity contribution in [2.45, 2.75) is 13.8 Å². The van der Waals surface area contributed by atoms with Crippen molar-refractivity contribution >= 4 is 16.4 Å². The first-order valence-electron chi connectivity index (χ1n) is 6.12. The van der Waals surface area contributed by atoms with Crippen molar-refractivity contribution < 1.29 is 4.74 Å². The smallest absolute Gasteiger partial charge is 0.321 e. The maximum Gasteiger partial charge on any atom is 0.321 e. The molecule has 2 aromatic heterocycles. The van der Waals surface area contributed by atoms with Gasteiger partial charge >= 0.3 is 6.01 Å². The van der Waals surface area contributed by atoms with E-state index in [1.807, 2.05) is 38.1 Å². The Kier molecular flexibility index (Phi) is 2.67. The van der Waals surface area contributed by atoms with E-state index in [1.165, 1.54) is 0 Å². The SMILES string of the molecule is CCOc1nnc2c(=O)c3ccc(C)cc3ccn12. The Morgan fingerprint density at radius 1 is 1.26 bits per heavy atom. The molecular weight excluding hydrogens is 242 g/mol.